The van der Waals surface area contributed by atoms with Crippen LogP contribution in [0.2, 0.25) is 5.02 Å². The van der Waals surface area contributed by atoms with Gasteiger partial charge in [-0.2, -0.15) is 0 Å². The summed E-state index contributed by atoms with van der Waals surface area (Å²) in [5.41, 5.74) is 3.30. The molecule has 3 aliphatic rings. The van der Waals surface area contributed by atoms with E-state index >= 15 is 0 Å². The Labute approximate surface area is 260 Å². The Balaban J connectivity index is 1.55. The Morgan fingerprint density at radius 3 is 2.70 bits per heavy atom. The monoisotopic (exact) mass is 627 g/mol. The number of ether oxygens (including phenoxy) is 1. The number of carbonyl (C=O) groups excluding carboxylic acids is 2. The van der Waals surface area contributed by atoms with E-state index in [1.807, 2.05) is 37.3 Å². The molecule has 0 spiro atoms. The largest absolute Gasteiger partial charge is 0.487 e. The lowest BCUT2D eigenvalue weighted by atomic mass is 9.69. The standard InChI is InChI=1S/C33H42ClN3O5S/c1-3-28-9-4-5-10-30(35-22(2)38)29-15-12-25(29)20-37-17-7-6-8-23-18-27(34)14-11-26(23)21-42-32-16-13-24(19-31(32)37)33(39)36-43(28,40)41/h5,10-11,13-14,16,18-19,25,28-30H,3-4,6-9,12,15,17,20-21H2,1-2H3,(H,35,38)(H,36,39)/b10-5-/t25-,28+,29+,30+/m0/s1. The van der Waals surface area contributed by atoms with E-state index in [4.69, 9.17) is 16.3 Å². The molecule has 10 heteroatoms. The molecule has 0 aromatic heterocycles. The number of benzene rings is 2. The van der Waals surface area contributed by atoms with Crippen molar-refractivity contribution in [2.45, 2.75) is 83.1 Å². The van der Waals surface area contributed by atoms with Crippen molar-refractivity contribution >= 4 is 39.1 Å². The molecule has 1 fully saturated rings. The fourth-order valence-electron chi connectivity index (χ4n) is 6.56. The Hall–Kier alpha value is -3.04. The zero-order valence-electron chi connectivity index (χ0n) is 25.0. The van der Waals surface area contributed by atoms with E-state index in [1.54, 1.807) is 18.2 Å². The number of anilines is 1. The maximum atomic E-state index is 13.4. The summed E-state index contributed by atoms with van der Waals surface area (Å²) in [6, 6.07) is 10.9. The van der Waals surface area contributed by atoms with Gasteiger partial charge in [-0.05, 0) is 105 Å². The predicted octanol–water partition coefficient (Wildman–Crippen LogP) is 5.78. The van der Waals surface area contributed by atoms with Gasteiger partial charge >= 0.3 is 0 Å². The van der Waals surface area contributed by atoms with Gasteiger partial charge in [-0.1, -0.05) is 36.7 Å². The summed E-state index contributed by atoms with van der Waals surface area (Å²) in [4.78, 5) is 27.8. The zero-order chi connectivity index (χ0) is 30.6. The van der Waals surface area contributed by atoms with E-state index in [0.717, 1.165) is 56.4 Å². The van der Waals surface area contributed by atoms with Crippen LogP contribution in [-0.4, -0.2) is 44.6 Å². The number of nitrogens with zero attached hydrogens (tertiary/aromatic N) is 1. The Morgan fingerprint density at radius 2 is 1.95 bits per heavy atom. The third-order valence-corrected chi connectivity index (χ3v) is 11.3. The van der Waals surface area contributed by atoms with E-state index in [2.05, 4.69) is 14.9 Å². The molecule has 1 aliphatic carbocycles. The molecule has 0 saturated heterocycles. The van der Waals surface area contributed by atoms with E-state index in [1.165, 1.54) is 12.5 Å². The molecule has 2 aromatic rings. The van der Waals surface area contributed by atoms with Crippen LogP contribution in [0.25, 0.3) is 0 Å². The highest BCUT2D eigenvalue weighted by Gasteiger charge is 2.38. The Bertz CT molecular complexity index is 1480. The number of hydrogen-bond acceptors (Lipinski definition) is 6. The summed E-state index contributed by atoms with van der Waals surface area (Å²) < 4.78 is 35.2. The van der Waals surface area contributed by atoms with Crippen LogP contribution >= 0.6 is 11.6 Å². The average Bonchev–Trinajstić information content (AvgIpc) is 2.97. The molecule has 0 unspecified atom stereocenters. The lowest BCUT2D eigenvalue weighted by Gasteiger charge is -2.44. The van der Waals surface area contributed by atoms with Crippen molar-refractivity contribution in [3.05, 3.63) is 70.3 Å². The van der Waals surface area contributed by atoms with Crippen molar-refractivity contribution < 1.29 is 22.7 Å². The molecular formula is C33H42ClN3O5S. The number of aryl methyl sites for hydroxylation is 1. The maximum absolute atomic E-state index is 13.4. The lowest BCUT2D eigenvalue weighted by molar-refractivity contribution is -0.120. The topological polar surface area (TPSA) is 105 Å². The number of sulfonamides is 1. The molecule has 43 heavy (non-hydrogen) atoms. The van der Waals surface area contributed by atoms with Crippen LogP contribution in [0.4, 0.5) is 5.69 Å². The number of halogens is 1. The van der Waals surface area contributed by atoms with Gasteiger partial charge in [0.15, 0.2) is 0 Å². The van der Waals surface area contributed by atoms with Crippen molar-refractivity contribution in [3.63, 3.8) is 0 Å². The van der Waals surface area contributed by atoms with Gasteiger partial charge in [-0.15, -0.1) is 0 Å². The minimum atomic E-state index is -3.90. The van der Waals surface area contributed by atoms with E-state index < -0.39 is 21.2 Å². The summed E-state index contributed by atoms with van der Waals surface area (Å²) in [5, 5.41) is 3.13. The van der Waals surface area contributed by atoms with Crippen molar-refractivity contribution in [2.75, 3.05) is 18.0 Å². The summed E-state index contributed by atoms with van der Waals surface area (Å²) in [5.74, 6) is 0.530. The van der Waals surface area contributed by atoms with Gasteiger partial charge in [0.1, 0.15) is 12.4 Å². The molecule has 2 N–H and O–H groups in total. The summed E-state index contributed by atoms with van der Waals surface area (Å²) in [6.07, 6.45) is 10.1. The van der Waals surface area contributed by atoms with Gasteiger partial charge in [0.05, 0.1) is 17.0 Å². The van der Waals surface area contributed by atoms with Crippen molar-refractivity contribution in [3.8, 4) is 5.75 Å². The third kappa shape index (κ3) is 7.55. The normalized spacial score (nSPS) is 26.7. The third-order valence-electron chi connectivity index (χ3n) is 9.13. The number of fused-ring (bicyclic) bond motifs is 3. The van der Waals surface area contributed by atoms with Gasteiger partial charge < -0.3 is 15.0 Å². The first-order chi connectivity index (χ1) is 20.6. The Morgan fingerprint density at radius 1 is 1.12 bits per heavy atom. The minimum Gasteiger partial charge on any atom is -0.487 e. The van der Waals surface area contributed by atoms with Crippen LogP contribution < -0.4 is 19.7 Å². The average molecular weight is 628 g/mol. The molecular weight excluding hydrogens is 586 g/mol. The molecule has 5 rings (SSSR count). The van der Waals surface area contributed by atoms with Gasteiger partial charge in [0, 0.05) is 30.6 Å². The van der Waals surface area contributed by atoms with E-state index in [-0.39, 0.29) is 23.4 Å². The smallest absolute Gasteiger partial charge is 0.264 e. The highest BCUT2D eigenvalue weighted by Crippen LogP contribution is 2.41. The minimum absolute atomic E-state index is 0.0790. The summed E-state index contributed by atoms with van der Waals surface area (Å²) >= 11 is 6.32. The number of amides is 2. The highest BCUT2D eigenvalue weighted by atomic mass is 35.5. The SMILES string of the molecule is CC[C@@H]1CC/C=C\[C@@H](NC(C)=O)[C@@H]2CC[C@H]2CN2CCCCc3cc(Cl)ccc3COc3ccc(cc32)C(=O)NS1(=O)=O. The maximum Gasteiger partial charge on any atom is 0.264 e. The Kier molecular flexibility index (Phi) is 10.0. The zero-order valence-corrected chi connectivity index (χ0v) is 26.6. The molecule has 8 nitrogen and oxygen atoms in total. The number of nitrogens with one attached hydrogen (secondary N) is 2. The van der Waals surface area contributed by atoms with E-state index in [0.29, 0.717) is 42.6 Å². The molecule has 2 aromatic carbocycles. The van der Waals surface area contributed by atoms with Gasteiger partial charge in [0.25, 0.3) is 5.91 Å². The number of carbonyl (C=O) groups is 2. The van der Waals surface area contributed by atoms with Crippen LogP contribution in [0.5, 0.6) is 5.75 Å². The second-order valence-electron chi connectivity index (χ2n) is 12.0. The number of allylic oxidation sites excluding steroid dienone is 1. The molecule has 1 saturated carbocycles. The van der Waals surface area contributed by atoms with Gasteiger partial charge in [0.2, 0.25) is 15.9 Å². The van der Waals surface area contributed by atoms with Gasteiger partial charge in [-0.3, -0.25) is 9.59 Å². The molecule has 2 amide bonds. The first-order valence-corrected chi connectivity index (χ1v) is 17.4. The van der Waals surface area contributed by atoms with Crippen molar-refractivity contribution in [2.24, 2.45) is 11.8 Å². The van der Waals surface area contributed by atoms with E-state index in [9.17, 15) is 18.0 Å². The first kappa shape index (κ1) is 31.4. The number of rotatable bonds is 2. The molecule has 2 aliphatic heterocycles. The molecule has 232 valence electrons. The predicted molar refractivity (Wildman–Crippen MR) is 170 cm³/mol. The molecule has 2 bridgehead atoms. The molecule has 0 radical (unpaired) electrons. The second-order valence-corrected chi connectivity index (χ2v) is 14.4. The van der Waals surface area contributed by atoms with Gasteiger partial charge in [-0.25, -0.2) is 13.1 Å². The molecule has 4 atom stereocenters. The van der Waals surface area contributed by atoms with Crippen LogP contribution in [0, 0.1) is 11.8 Å². The van der Waals surface area contributed by atoms with Crippen LogP contribution in [0.15, 0.2) is 48.6 Å². The summed E-state index contributed by atoms with van der Waals surface area (Å²) in [6.45, 7) is 5.20. The fraction of sp³-hybridized carbons (Fsp3) is 0.515. The van der Waals surface area contributed by atoms with Crippen molar-refractivity contribution in [1.29, 1.82) is 0 Å². The van der Waals surface area contributed by atoms with Crippen LogP contribution in [0.3, 0.4) is 0 Å². The first-order valence-electron chi connectivity index (χ1n) is 15.4. The van der Waals surface area contributed by atoms with Crippen LogP contribution in [0.1, 0.15) is 80.3 Å². The second kappa shape index (κ2) is 13.7. The lowest BCUT2D eigenvalue weighted by Crippen LogP contribution is -2.49. The highest BCUT2D eigenvalue weighted by molar-refractivity contribution is 7.90. The molecule has 2 heterocycles. The van der Waals surface area contributed by atoms with Crippen LogP contribution in [-0.2, 0) is 27.8 Å². The van der Waals surface area contributed by atoms with Crippen molar-refractivity contribution in [1.82, 2.24) is 10.0 Å². The quantitative estimate of drug-likeness (QED) is 0.409. The fourth-order valence-corrected chi connectivity index (χ4v) is 8.19. The summed E-state index contributed by atoms with van der Waals surface area (Å²) in [7, 11) is -3.90. The number of hydrogen-bond donors (Lipinski definition) is 2.